The van der Waals surface area contributed by atoms with Crippen molar-refractivity contribution in [1.29, 1.82) is 0 Å². The summed E-state index contributed by atoms with van der Waals surface area (Å²) >= 11 is 0. The molecule has 0 saturated carbocycles. The van der Waals surface area contributed by atoms with Crippen molar-refractivity contribution >= 4 is 0 Å². The van der Waals surface area contributed by atoms with Gasteiger partial charge in [0.1, 0.15) is 0 Å². The van der Waals surface area contributed by atoms with Gasteiger partial charge < -0.3 is 5.32 Å². The van der Waals surface area contributed by atoms with E-state index in [1.54, 1.807) is 5.57 Å². The minimum Gasteiger partial charge on any atom is -0.375 e. The normalized spacial score (nSPS) is 20.5. The van der Waals surface area contributed by atoms with Gasteiger partial charge in [-0.1, -0.05) is 41.5 Å². The summed E-state index contributed by atoms with van der Waals surface area (Å²) < 4.78 is 0. The van der Waals surface area contributed by atoms with Crippen LogP contribution in [0, 0.1) is 10.8 Å². The van der Waals surface area contributed by atoms with Gasteiger partial charge in [0.25, 0.3) is 0 Å². The molecule has 88 valence electrons. The van der Waals surface area contributed by atoms with Crippen molar-refractivity contribution in [1.82, 2.24) is 10.2 Å². The molecule has 0 amide bonds. The SMILES string of the molecule is CN1CNC(C(C)(C)C)=C(C(C)(C)C)C1. The highest BCUT2D eigenvalue weighted by Gasteiger charge is 2.31. The van der Waals surface area contributed by atoms with Crippen LogP contribution in [0.2, 0.25) is 0 Å². The molecule has 0 spiro atoms. The highest BCUT2D eigenvalue weighted by atomic mass is 15.2. The van der Waals surface area contributed by atoms with E-state index >= 15 is 0 Å². The first kappa shape index (κ1) is 12.6. The van der Waals surface area contributed by atoms with Crippen molar-refractivity contribution in [3.05, 3.63) is 11.3 Å². The lowest BCUT2D eigenvalue weighted by Gasteiger charge is -2.40. The van der Waals surface area contributed by atoms with Crippen molar-refractivity contribution in [2.24, 2.45) is 10.8 Å². The molecule has 0 radical (unpaired) electrons. The van der Waals surface area contributed by atoms with Crippen molar-refractivity contribution in [3.8, 4) is 0 Å². The van der Waals surface area contributed by atoms with Crippen molar-refractivity contribution < 1.29 is 0 Å². The summed E-state index contributed by atoms with van der Waals surface area (Å²) in [5, 5.41) is 3.57. The van der Waals surface area contributed by atoms with Gasteiger partial charge in [-0.05, 0) is 18.0 Å². The third kappa shape index (κ3) is 2.97. The minimum atomic E-state index is 0.226. The molecule has 0 aromatic carbocycles. The number of rotatable bonds is 0. The number of hydrogen-bond acceptors (Lipinski definition) is 2. The molecule has 0 aromatic heterocycles. The Balaban J connectivity index is 3.14. The van der Waals surface area contributed by atoms with Gasteiger partial charge in [-0.15, -0.1) is 0 Å². The summed E-state index contributed by atoms with van der Waals surface area (Å²) in [5.41, 5.74) is 3.46. The third-order valence-corrected chi connectivity index (χ3v) is 2.91. The van der Waals surface area contributed by atoms with Gasteiger partial charge in [0.05, 0.1) is 6.67 Å². The molecule has 1 aliphatic rings. The fourth-order valence-corrected chi connectivity index (χ4v) is 2.06. The predicted molar refractivity (Wildman–Crippen MR) is 66.6 cm³/mol. The maximum atomic E-state index is 3.57. The van der Waals surface area contributed by atoms with Gasteiger partial charge in [0.2, 0.25) is 0 Å². The van der Waals surface area contributed by atoms with E-state index in [1.807, 2.05) is 0 Å². The lowest BCUT2D eigenvalue weighted by molar-refractivity contribution is 0.260. The van der Waals surface area contributed by atoms with Gasteiger partial charge in [0.15, 0.2) is 0 Å². The van der Waals surface area contributed by atoms with Crippen LogP contribution in [0.1, 0.15) is 41.5 Å². The Hall–Kier alpha value is -0.500. The molecule has 0 fully saturated rings. The van der Waals surface area contributed by atoms with Gasteiger partial charge in [-0.2, -0.15) is 0 Å². The van der Waals surface area contributed by atoms with E-state index in [2.05, 4.69) is 58.8 Å². The van der Waals surface area contributed by atoms with Crippen LogP contribution < -0.4 is 5.32 Å². The first-order chi connectivity index (χ1) is 6.62. The number of hydrogen-bond donors (Lipinski definition) is 1. The van der Waals surface area contributed by atoms with Crippen LogP contribution in [0.5, 0.6) is 0 Å². The molecule has 0 saturated heterocycles. The Morgan fingerprint density at radius 3 is 1.93 bits per heavy atom. The maximum absolute atomic E-state index is 3.57. The Kier molecular flexibility index (Phi) is 3.20. The lowest BCUT2D eigenvalue weighted by Crippen LogP contribution is -2.44. The van der Waals surface area contributed by atoms with Crippen LogP contribution in [-0.2, 0) is 0 Å². The number of nitrogens with one attached hydrogen (secondary N) is 1. The first-order valence-corrected chi connectivity index (χ1v) is 5.79. The molecule has 15 heavy (non-hydrogen) atoms. The van der Waals surface area contributed by atoms with Crippen molar-refractivity contribution in [2.45, 2.75) is 41.5 Å². The number of allylic oxidation sites excluding steroid dienone is 1. The first-order valence-electron chi connectivity index (χ1n) is 5.79. The summed E-state index contributed by atoms with van der Waals surface area (Å²) in [6.07, 6.45) is 0. The number of likely N-dealkylation sites (N-methyl/N-ethyl adjacent to an activating group) is 1. The largest absolute Gasteiger partial charge is 0.375 e. The van der Waals surface area contributed by atoms with E-state index in [0.717, 1.165) is 13.2 Å². The van der Waals surface area contributed by atoms with E-state index in [4.69, 9.17) is 0 Å². The van der Waals surface area contributed by atoms with Crippen LogP contribution in [0.4, 0.5) is 0 Å². The second kappa shape index (κ2) is 3.82. The quantitative estimate of drug-likeness (QED) is 0.661. The summed E-state index contributed by atoms with van der Waals surface area (Å²) in [5.74, 6) is 0. The summed E-state index contributed by atoms with van der Waals surface area (Å²) in [4.78, 5) is 2.33. The smallest absolute Gasteiger partial charge is 0.0676 e. The van der Waals surface area contributed by atoms with E-state index in [9.17, 15) is 0 Å². The average molecular weight is 210 g/mol. The zero-order valence-corrected chi connectivity index (χ0v) is 11.4. The van der Waals surface area contributed by atoms with Crippen LogP contribution in [0.3, 0.4) is 0 Å². The fourth-order valence-electron chi connectivity index (χ4n) is 2.06. The molecule has 2 nitrogen and oxygen atoms in total. The Morgan fingerprint density at radius 2 is 1.53 bits per heavy atom. The molecule has 0 aromatic rings. The van der Waals surface area contributed by atoms with Crippen LogP contribution in [0.25, 0.3) is 0 Å². The van der Waals surface area contributed by atoms with Crippen LogP contribution in [-0.4, -0.2) is 25.2 Å². The highest BCUT2D eigenvalue weighted by molar-refractivity contribution is 5.26. The van der Waals surface area contributed by atoms with Crippen molar-refractivity contribution in [2.75, 3.05) is 20.3 Å². The summed E-state index contributed by atoms with van der Waals surface area (Å²) in [6, 6.07) is 0. The van der Waals surface area contributed by atoms with Gasteiger partial charge in [-0.3, -0.25) is 4.90 Å². The minimum absolute atomic E-state index is 0.226. The average Bonchev–Trinajstić information content (AvgIpc) is 2.00. The van der Waals surface area contributed by atoms with Gasteiger partial charge in [-0.25, -0.2) is 0 Å². The maximum Gasteiger partial charge on any atom is 0.0676 e. The monoisotopic (exact) mass is 210 g/mol. The summed E-state index contributed by atoms with van der Waals surface area (Å²) in [6.45, 7) is 15.8. The highest BCUT2D eigenvalue weighted by Crippen LogP contribution is 2.36. The Bertz CT molecular complexity index is 263. The standard InChI is InChI=1S/C13H26N2/c1-12(2,3)10-8-15(7)9-14-11(10)13(4,5)6/h14H,8-9H2,1-7H3. The molecule has 0 atom stereocenters. The number of nitrogens with zero attached hydrogens (tertiary/aromatic N) is 1. The molecule has 0 bridgehead atoms. The molecule has 1 N–H and O–H groups in total. The molecular weight excluding hydrogens is 184 g/mol. The Labute approximate surface area is 94.7 Å². The molecule has 1 aliphatic heterocycles. The second-order valence-electron chi connectivity index (χ2n) is 6.70. The fraction of sp³-hybridized carbons (Fsp3) is 0.846. The van der Waals surface area contributed by atoms with Crippen LogP contribution >= 0.6 is 0 Å². The topological polar surface area (TPSA) is 15.3 Å². The van der Waals surface area contributed by atoms with E-state index in [-0.39, 0.29) is 10.8 Å². The van der Waals surface area contributed by atoms with E-state index in [1.165, 1.54) is 5.70 Å². The molecular formula is C13H26N2. The van der Waals surface area contributed by atoms with Crippen LogP contribution in [0.15, 0.2) is 11.3 Å². The lowest BCUT2D eigenvalue weighted by atomic mass is 9.77. The van der Waals surface area contributed by atoms with E-state index in [0.29, 0.717) is 0 Å². The zero-order chi connectivity index (χ0) is 11.9. The van der Waals surface area contributed by atoms with E-state index < -0.39 is 0 Å². The molecule has 1 rings (SSSR count). The van der Waals surface area contributed by atoms with Gasteiger partial charge >= 0.3 is 0 Å². The third-order valence-electron chi connectivity index (χ3n) is 2.91. The molecule has 1 heterocycles. The second-order valence-corrected chi connectivity index (χ2v) is 6.70. The summed E-state index contributed by atoms with van der Waals surface area (Å²) in [7, 11) is 2.16. The molecule has 2 heteroatoms. The predicted octanol–water partition coefficient (Wildman–Crippen LogP) is 2.83. The molecule has 0 aliphatic carbocycles. The van der Waals surface area contributed by atoms with Crippen molar-refractivity contribution in [3.63, 3.8) is 0 Å². The zero-order valence-electron chi connectivity index (χ0n) is 11.4. The van der Waals surface area contributed by atoms with Gasteiger partial charge in [0, 0.05) is 17.7 Å². The molecule has 0 unspecified atom stereocenters. The Morgan fingerprint density at radius 1 is 1.00 bits per heavy atom.